The van der Waals surface area contributed by atoms with Gasteiger partial charge in [0.05, 0.1) is 13.2 Å². The van der Waals surface area contributed by atoms with Gasteiger partial charge in [-0.25, -0.2) is 0 Å². The molecule has 0 aromatic heterocycles. The molecule has 4 N–H and O–H groups in total. The Bertz CT molecular complexity index is 1040. The van der Waals surface area contributed by atoms with E-state index in [-0.39, 0.29) is 12.5 Å². The Labute approximate surface area is 163 Å². The van der Waals surface area contributed by atoms with Crippen LogP contribution in [0.15, 0.2) is 60.4 Å². The van der Waals surface area contributed by atoms with Crippen LogP contribution in [0.1, 0.15) is 16.7 Å². The normalized spacial score (nSPS) is 22.4. The SMILES string of the molecule is N/C=C\C=C(/N)CN1C(=O)C2(COc3cc4c(cc32)CCO4)c2ccccc21. The van der Waals surface area contributed by atoms with Gasteiger partial charge in [0.25, 0.3) is 0 Å². The molecule has 0 aliphatic carbocycles. The number of carbonyl (C=O) groups excluding carboxylic acids is 1. The number of carbonyl (C=O) groups is 1. The maximum atomic E-state index is 13.7. The summed E-state index contributed by atoms with van der Waals surface area (Å²) in [6.45, 7) is 1.24. The van der Waals surface area contributed by atoms with Crippen molar-refractivity contribution in [2.45, 2.75) is 11.8 Å². The van der Waals surface area contributed by atoms with Crippen LogP contribution in [0.25, 0.3) is 0 Å². The van der Waals surface area contributed by atoms with Crippen molar-refractivity contribution in [3.8, 4) is 11.5 Å². The van der Waals surface area contributed by atoms with E-state index in [4.69, 9.17) is 20.9 Å². The Balaban J connectivity index is 1.64. The lowest BCUT2D eigenvalue weighted by Crippen LogP contribution is -2.43. The fourth-order valence-electron chi connectivity index (χ4n) is 4.42. The molecule has 2 aromatic carbocycles. The van der Waals surface area contributed by atoms with E-state index < -0.39 is 5.41 Å². The fourth-order valence-corrected chi connectivity index (χ4v) is 4.42. The second kappa shape index (κ2) is 6.05. The molecular formula is C22H21N3O3. The zero-order chi connectivity index (χ0) is 19.3. The molecule has 1 atom stereocenters. The van der Waals surface area contributed by atoms with E-state index in [0.29, 0.717) is 18.8 Å². The van der Waals surface area contributed by atoms with Gasteiger partial charge in [0.2, 0.25) is 5.91 Å². The Morgan fingerprint density at radius 2 is 2.04 bits per heavy atom. The molecule has 0 saturated carbocycles. The van der Waals surface area contributed by atoms with Crippen LogP contribution in [0, 0.1) is 0 Å². The summed E-state index contributed by atoms with van der Waals surface area (Å²) in [6, 6.07) is 11.9. The summed E-state index contributed by atoms with van der Waals surface area (Å²) >= 11 is 0. The average molecular weight is 375 g/mol. The first-order valence-corrected chi connectivity index (χ1v) is 9.32. The van der Waals surface area contributed by atoms with E-state index in [1.807, 2.05) is 30.3 Å². The highest BCUT2D eigenvalue weighted by atomic mass is 16.5. The van der Waals surface area contributed by atoms with E-state index >= 15 is 0 Å². The molecule has 3 heterocycles. The quantitative estimate of drug-likeness (QED) is 0.801. The summed E-state index contributed by atoms with van der Waals surface area (Å²) in [6.07, 6.45) is 5.64. The zero-order valence-corrected chi connectivity index (χ0v) is 15.4. The Morgan fingerprint density at radius 1 is 1.18 bits per heavy atom. The van der Waals surface area contributed by atoms with Crippen LogP contribution >= 0.6 is 0 Å². The van der Waals surface area contributed by atoms with Crippen molar-refractivity contribution in [1.29, 1.82) is 0 Å². The number of benzene rings is 2. The number of nitrogens with zero attached hydrogens (tertiary/aromatic N) is 1. The number of nitrogens with two attached hydrogens (primary N) is 2. The number of anilines is 1. The van der Waals surface area contributed by atoms with Gasteiger partial charge in [-0.05, 0) is 41.6 Å². The van der Waals surface area contributed by atoms with Gasteiger partial charge in [0, 0.05) is 29.4 Å². The zero-order valence-electron chi connectivity index (χ0n) is 15.4. The molecule has 0 saturated heterocycles. The van der Waals surface area contributed by atoms with Crippen molar-refractivity contribution in [2.24, 2.45) is 11.5 Å². The third-order valence-corrected chi connectivity index (χ3v) is 5.72. The van der Waals surface area contributed by atoms with E-state index in [9.17, 15) is 4.79 Å². The number of fused-ring (bicyclic) bond motifs is 5. The number of allylic oxidation sites excluding steroid dienone is 2. The summed E-state index contributed by atoms with van der Waals surface area (Å²) in [7, 11) is 0. The molecule has 0 bridgehead atoms. The maximum Gasteiger partial charge on any atom is 0.246 e. The molecule has 2 aromatic rings. The third-order valence-electron chi connectivity index (χ3n) is 5.72. The first-order chi connectivity index (χ1) is 13.6. The Morgan fingerprint density at radius 3 is 2.89 bits per heavy atom. The van der Waals surface area contributed by atoms with Gasteiger partial charge in [-0.3, -0.25) is 4.79 Å². The van der Waals surface area contributed by atoms with Crippen LogP contribution in [0.5, 0.6) is 11.5 Å². The summed E-state index contributed by atoms with van der Waals surface area (Å²) in [5, 5.41) is 0. The first-order valence-electron chi connectivity index (χ1n) is 9.32. The topological polar surface area (TPSA) is 90.8 Å². The lowest BCUT2D eigenvalue weighted by atomic mass is 9.76. The monoisotopic (exact) mass is 375 g/mol. The maximum absolute atomic E-state index is 13.7. The van der Waals surface area contributed by atoms with Crippen LogP contribution in [-0.4, -0.2) is 25.7 Å². The van der Waals surface area contributed by atoms with Crippen molar-refractivity contribution < 1.29 is 14.3 Å². The van der Waals surface area contributed by atoms with Crippen molar-refractivity contribution in [1.82, 2.24) is 0 Å². The van der Waals surface area contributed by atoms with Crippen LogP contribution in [0.3, 0.4) is 0 Å². The van der Waals surface area contributed by atoms with Gasteiger partial charge in [0.15, 0.2) is 0 Å². The molecule has 142 valence electrons. The highest BCUT2D eigenvalue weighted by Crippen LogP contribution is 2.53. The third kappa shape index (κ3) is 2.17. The second-order valence-corrected chi connectivity index (χ2v) is 7.28. The Hall–Kier alpha value is -3.41. The summed E-state index contributed by atoms with van der Waals surface area (Å²) in [5.74, 6) is 1.56. The van der Waals surface area contributed by atoms with E-state index in [2.05, 4.69) is 6.07 Å². The van der Waals surface area contributed by atoms with Crippen LogP contribution < -0.4 is 25.8 Å². The summed E-state index contributed by atoms with van der Waals surface area (Å²) in [4.78, 5) is 15.5. The predicted octanol–water partition coefficient (Wildman–Crippen LogP) is 1.96. The van der Waals surface area contributed by atoms with Gasteiger partial charge >= 0.3 is 0 Å². The number of rotatable bonds is 3. The van der Waals surface area contributed by atoms with Crippen molar-refractivity contribution in [3.05, 3.63) is 77.1 Å². The number of hydrogen-bond donors (Lipinski definition) is 2. The summed E-state index contributed by atoms with van der Waals surface area (Å²) in [5.41, 5.74) is 15.1. The second-order valence-electron chi connectivity index (χ2n) is 7.28. The standard InChI is InChI=1S/C22H21N3O3/c23-8-3-4-15(24)12-25-18-6-2-1-5-16(18)22(21(25)26)13-28-20-11-19-14(7-9-27-19)10-17(20)22/h1-6,8,10-11H,7,9,12-13,23-24H2/b8-3-,15-4-. The minimum Gasteiger partial charge on any atom is -0.493 e. The minimum atomic E-state index is -0.840. The van der Waals surface area contributed by atoms with E-state index in [0.717, 1.165) is 40.3 Å². The number of amides is 1. The highest BCUT2D eigenvalue weighted by molar-refractivity contribution is 6.11. The minimum absolute atomic E-state index is 0.0145. The number of hydrogen-bond acceptors (Lipinski definition) is 5. The number of para-hydroxylation sites is 1. The first kappa shape index (κ1) is 16.7. The van der Waals surface area contributed by atoms with Gasteiger partial charge in [-0.15, -0.1) is 0 Å². The molecular weight excluding hydrogens is 354 g/mol. The molecule has 6 nitrogen and oxygen atoms in total. The van der Waals surface area contributed by atoms with E-state index in [1.165, 1.54) is 6.20 Å². The molecule has 1 spiro atoms. The number of ether oxygens (including phenoxy) is 2. The molecule has 28 heavy (non-hydrogen) atoms. The highest BCUT2D eigenvalue weighted by Gasteiger charge is 2.57. The van der Waals surface area contributed by atoms with Crippen molar-refractivity contribution >= 4 is 11.6 Å². The summed E-state index contributed by atoms with van der Waals surface area (Å²) < 4.78 is 11.7. The van der Waals surface area contributed by atoms with Gasteiger partial charge in [-0.2, -0.15) is 0 Å². The molecule has 3 aliphatic heterocycles. The van der Waals surface area contributed by atoms with E-state index in [1.54, 1.807) is 17.1 Å². The Kier molecular flexibility index (Phi) is 3.62. The molecule has 0 fully saturated rings. The largest absolute Gasteiger partial charge is 0.493 e. The van der Waals surface area contributed by atoms with Crippen LogP contribution in [0.4, 0.5) is 5.69 Å². The average Bonchev–Trinajstić information content (AvgIpc) is 3.38. The molecule has 6 heteroatoms. The molecule has 0 radical (unpaired) electrons. The smallest absolute Gasteiger partial charge is 0.246 e. The lowest BCUT2D eigenvalue weighted by molar-refractivity contribution is -0.122. The van der Waals surface area contributed by atoms with Crippen LogP contribution in [-0.2, 0) is 16.6 Å². The predicted molar refractivity (Wildman–Crippen MR) is 106 cm³/mol. The van der Waals surface area contributed by atoms with Crippen molar-refractivity contribution in [2.75, 3.05) is 24.7 Å². The molecule has 1 unspecified atom stereocenters. The molecule has 1 amide bonds. The molecule has 3 aliphatic rings. The van der Waals surface area contributed by atoms with Gasteiger partial charge in [0.1, 0.15) is 23.5 Å². The van der Waals surface area contributed by atoms with Crippen molar-refractivity contribution in [3.63, 3.8) is 0 Å². The lowest BCUT2D eigenvalue weighted by Gasteiger charge is -2.23. The van der Waals surface area contributed by atoms with Crippen LogP contribution in [0.2, 0.25) is 0 Å². The molecule has 5 rings (SSSR count). The van der Waals surface area contributed by atoms with Gasteiger partial charge in [-0.1, -0.05) is 18.2 Å². The fraction of sp³-hybridized carbons (Fsp3) is 0.227. The van der Waals surface area contributed by atoms with Gasteiger partial charge < -0.3 is 25.8 Å².